The van der Waals surface area contributed by atoms with Crippen molar-refractivity contribution in [2.45, 2.75) is 6.54 Å². The van der Waals surface area contributed by atoms with Crippen molar-refractivity contribution >= 4 is 33.3 Å². The second kappa shape index (κ2) is 5.39. The highest BCUT2D eigenvalue weighted by atomic mass is 79.9. The Morgan fingerprint density at radius 3 is 3.00 bits per heavy atom. The summed E-state index contributed by atoms with van der Waals surface area (Å²) in [7, 11) is 0. The van der Waals surface area contributed by atoms with Gasteiger partial charge < -0.3 is 9.64 Å². The first-order valence-electron chi connectivity index (χ1n) is 6.01. The van der Waals surface area contributed by atoms with E-state index in [0.717, 1.165) is 34.7 Å². The van der Waals surface area contributed by atoms with E-state index in [1.807, 2.05) is 24.3 Å². The van der Waals surface area contributed by atoms with Crippen molar-refractivity contribution in [3.05, 3.63) is 51.6 Å². The first-order valence-corrected chi connectivity index (χ1v) is 7.18. The number of nitrogens with zero attached hydrogens (tertiary/aromatic N) is 2. The van der Waals surface area contributed by atoms with Gasteiger partial charge in [0.25, 0.3) is 0 Å². The summed E-state index contributed by atoms with van der Waals surface area (Å²) >= 11 is 9.64. The van der Waals surface area contributed by atoms with Crippen LogP contribution in [0.3, 0.4) is 0 Å². The van der Waals surface area contributed by atoms with E-state index in [1.54, 1.807) is 6.20 Å². The number of hydrogen-bond acceptors (Lipinski definition) is 3. The third-order valence-corrected chi connectivity index (χ3v) is 3.75. The Labute approximate surface area is 125 Å². The molecule has 1 aromatic carbocycles. The van der Waals surface area contributed by atoms with Gasteiger partial charge in [-0.05, 0) is 28.1 Å². The fraction of sp³-hybridized carbons (Fsp3) is 0.214. The number of rotatable bonds is 1. The number of ether oxygens (including phenoxy) is 1. The summed E-state index contributed by atoms with van der Waals surface area (Å²) in [4.78, 5) is 6.55. The quantitative estimate of drug-likeness (QED) is 0.788. The Morgan fingerprint density at radius 1 is 1.32 bits per heavy atom. The molecule has 0 N–H and O–H groups in total. The number of halogens is 2. The van der Waals surface area contributed by atoms with Gasteiger partial charge in [0.2, 0.25) is 0 Å². The van der Waals surface area contributed by atoms with Gasteiger partial charge in [0.05, 0.1) is 11.6 Å². The summed E-state index contributed by atoms with van der Waals surface area (Å²) in [5, 5.41) is 0.647. The number of anilines is 1. The third-order valence-electron chi connectivity index (χ3n) is 3.04. The molecule has 1 aliphatic heterocycles. The van der Waals surface area contributed by atoms with Crippen LogP contribution in [0.4, 0.5) is 5.82 Å². The number of para-hydroxylation sites is 1. The van der Waals surface area contributed by atoms with Crippen LogP contribution in [0.1, 0.15) is 5.56 Å². The molecule has 5 heteroatoms. The van der Waals surface area contributed by atoms with E-state index in [2.05, 4.69) is 31.9 Å². The van der Waals surface area contributed by atoms with E-state index in [0.29, 0.717) is 11.6 Å². The van der Waals surface area contributed by atoms with Crippen LogP contribution in [-0.2, 0) is 6.54 Å². The Balaban J connectivity index is 1.94. The zero-order valence-electron chi connectivity index (χ0n) is 10.1. The molecule has 0 unspecified atom stereocenters. The van der Waals surface area contributed by atoms with Crippen LogP contribution in [0.2, 0.25) is 5.02 Å². The van der Waals surface area contributed by atoms with Crippen molar-refractivity contribution in [2.75, 3.05) is 18.1 Å². The molecule has 1 aromatic heterocycles. The zero-order chi connectivity index (χ0) is 13.2. The van der Waals surface area contributed by atoms with Crippen molar-refractivity contribution < 1.29 is 4.74 Å². The van der Waals surface area contributed by atoms with Crippen molar-refractivity contribution in [3.63, 3.8) is 0 Å². The van der Waals surface area contributed by atoms with Gasteiger partial charge in [0.1, 0.15) is 18.2 Å². The highest BCUT2D eigenvalue weighted by Gasteiger charge is 2.18. The first kappa shape index (κ1) is 12.8. The smallest absolute Gasteiger partial charge is 0.147 e. The second-order valence-electron chi connectivity index (χ2n) is 4.34. The minimum atomic E-state index is 0.630. The standard InChI is InChI=1S/C14H12BrClN2O/c15-11-7-12(16)14(17-8-11)18-5-6-19-13-4-2-1-3-10(13)9-18/h1-4,7-8H,5-6,9H2. The molecule has 3 nitrogen and oxygen atoms in total. The molecule has 0 saturated carbocycles. The lowest BCUT2D eigenvalue weighted by molar-refractivity contribution is 0.331. The monoisotopic (exact) mass is 338 g/mol. The highest BCUT2D eigenvalue weighted by Crippen LogP contribution is 2.30. The van der Waals surface area contributed by atoms with E-state index >= 15 is 0 Å². The van der Waals surface area contributed by atoms with E-state index < -0.39 is 0 Å². The molecule has 0 atom stereocenters. The minimum Gasteiger partial charge on any atom is -0.491 e. The van der Waals surface area contributed by atoms with Crippen LogP contribution < -0.4 is 9.64 Å². The molecule has 0 radical (unpaired) electrons. The molecular weight excluding hydrogens is 328 g/mol. The van der Waals surface area contributed by atoms with Crippen molar-refractivity contribution in [2.24, 2.45) is 0 Å². The minimum absolute atomic E-state index is 0.630. The average Bonchev–Trinajstić information content (AvgIpc) is 2.60. The molecule has 0 saturated heterocycles. The molecule has 0 spiro atoms. The highest BCUT2D eigenvalue weighted by molar-refractivity contribution is 9.10. The predicted octanol–water partition coefficient (Wildman–Crippen LogP) is 3.90. The normalized spacial score (nSPS) is 14.5. The third kappa shape index (κ3) is 2.69. The Kier molecular flexibility index (Phi) is 3.62. The van der Waals surface area contributed by atoms with E-state index in [4.69, 9.17) is 16.3 Å². The van der Waals surface area contributed by atoms with Crippen LogP contribution in [0.15, 0.2) is 41.0 Å². The first-order chi connectivity index (χ1) is 9.24. The van der Waals surface area contributed by atoms with Gasteiger partial charge in [-0.1, -0.05) is 29.8 Å². The number of fused-ring (bicyclic) bond motifs is 1. The van der Waals surface area contributed by atoms with Gasteiger partial charge in [0, 0.05) is 22.8 Å². The fourth-order valence-corrected chi connectivity index (χ4v) is 2.90. The number of benzene rings is 1. The van der Waals surface area contributed by atoms with Crippen molar-refractivity contribution in [1.82, 2.24) is 4.98 Å². The van der Waals surface area contributed by atoms with Crippen LogP contribution in [-0.4, -0.2) is 18.1 Å². The fourth-order valence-electron chi connectivity index (χ4n) is 2.15. The predicted molar refractivity (Wildman–Crippen MR) is 79.9 cm³/mol. The maximum Gasteiger partial charge on any atom is 0.147 e. The molecule has 0 fully saturated rings. The topological polar surface area (TPSA) is 25.4 Å². The summed E-state index contributed by atoms with van der Waals surface area (Å²) in [6.45, 7) is 2.15. The molecule has 19 heavy (non-hydrogen) atoms. The van der Waals surface area contributed by atoms with Gasteiger partial charge in [-0.3, -0.25) is 0 Å². The zero-order valence-corrected chi connectivity index (χ0v) is 12.5. The van der Waals surface area contributed by atoms with E-state index in [9.17, 15) is 0 Å². The lowest BCUT2D eigenvalue weighted by atomic mass is 10.2. The van der Waals surface area contributed by atoms with Gasteiger partial charge in [0.15, 0.2) is 0 Å². The van der Waals surface area contributed by atoms with Crippen molar-refractivity contribution in [3.8, 4) is 5.75 Å². The van der Waals surface area contributed by atoms with E-state index in [-0.39, 0.29) is 0 Å². The Hall–Kier alpha value is -1.26. The molecule has 0 bridgehead atoms. The molecule has 3 rings (SSSR count). The molecule has 1 aliphatic rings. The van der Waals surface area contributed by atoms with Crippen LogP contribution >= 0.6 is 27.5 Å². The summed E-state index contributed by atoms with van der Waals surface area (Å²) in [6, 6.07) is 9.93. The number of pyridine rings is 1. The Morgan fingerprint density at radius 2 is 2.16 bits per heavy atom. The second-order valence-corrected chi connectivity index (χ2v) is 5.66. The summed E-state index contributed by atoms with van der Waals surface area (Å²) in [5.74, 6) is 1.74. The molecule has 2 heterocycles. The molecule has 2 aromatic rings. The van der Waals surface area contributed by atoms with Crippen LogP contribution in [0, 0.1) is 0 Å². The number of hydrogen-bond donors (Lipinski definition) is 0. The summed E-state index contributed by atoms with van der Waals surface area (Å²) < 4.78 is 6.62. The van der Waals surface area contributed by atoms with Crippen LogP contribution in [0.25, 0.3) is 0 Å². The van der Waals surface area contributed by atoms with Gasteiger partial charge in [-0.25, -0.2) is 4.98 Å². The van der Waals surface area contributed by atoms with Gasteiger partial charge in [-0.2, -0.15) is 0 Å². The maximum absolute atomic E-state index is 6.27. The SMILES string of the molecule is Clc1cc(Br)cnc1N1CCOc2ccccc2C1. The van der Waals surface area contributed by atoms with Crippen LogP contribution in [0.5, 0.6) is 5.75 Å². The molecular formula is C14H12BrClN2O. The Bertz CT molecular complexity index is 606. The molecule has 0 aliphatic carbocycles. The average molecular weight is 340 g/mol. The largest absolute Gasteiger partial charge is 0.491 e. The van der Waals surface area contributed by atoms with Gasteiger partial charge >= 0.3 is 0 Å². The molecule has 0 amide bonds. The molecule has 98 valence electrons. The maximum atomic E-state index is 6.27. The lowest BCUT2D eigenvalue weighted by Gasteiger charge is -2.21. The summed E-state index contributed by atoms with van der Waals surface area (Å²) in [6.07, 6.45) is 1.76. The number of aromatic nitrogens is 1. The summed E-state index contributed by atoms with van der Waals surface area (Å²) in [5.41, 5.74) is 1.15. The van der Waals surface area contributed by atoms with E-state index in [1.165, 1.54) is 0 Å². The van der Waals surface area contributed by atoms with Crippen molar-refractivity contribution in [1.29, 1.82) is 0 Å². The lowest BCUT2D eigenvalue weighted by Crippen LogP contribution is -2.26. The van der Waals surface area contributed by atoms with Gasteiger partial charge in [-0.15, -0.1) is 0 Å².